The average molecular weight is 345 g/mol. The highest BCUT2D eigenvalue weighted by Gasteiger charge is 2.19. The second-order valence-corrected chi connectivity index (χ2v) is 6.87. The van der Waals surface area contributed by atoms with Crippen LogP contribution in [0, 0.1) is 0 Å². The Morgan fingerprint density at radius 1 is 1.00 bits per heavy atom. The number of carbonyl (C=O) groups is 1. The van der Waals surface area contributed by atoms with E-state index < -0.39 is 0 Å². The lowest BCUT2D eigenvalue weighted by Crippen LogP contribution is -2.28. The van der Waals surface area contributed by atoms with Crippen molar-refractivity contribution in [1.29, 1.82) is 0 Å². The Kier molecular flexibility index (Phi) is 4.57. The smallest absolute Gasteiger partial charge is 0.272 e. The van der Waals surface area contributed by atoms with Crippen molar-refractivity contribution in [3.8, 4) is 0 Å². The SMILES string of the molecule is CN(Cc1ccccc1N1CCCC1)C(=O)c1ccc2ccccc2n1. The van der Waals surface area contributed by atoms with Crippen LogP contribution in [0.1, 0.15) is 28.9 Å². The molecule has 1 aromatic heterocycles. The number of nitrogens with zero attached hydrogens (tertiary/aromatic N) is 3. The molecule has 132 valence electrons. The molecule has 0 radical (unpaired) electrons. The maximum atomic E-state index is 12.9. The average Bonchev–Trinajstić information content (AvgIpc) is 3.22. The third-order valence-electron chi connectivity index (χ3n) is 5.01. The van der Waals surface area contributed by atoms with Crippen LogP contribution < -0.4 is 4.90 Å². The van der Waals surface area contributed by atoms with Gasteiger partial charge in [-0.2, -0.15) is 0 Å². The van der Waals surface area contributed by atoms with Crippen molar-refractivity contribution < 1.29 is 4.79 Å². The summed E-state index contributed by atoms with van der Waals surface area (Å²) in [4.78, 5) is 21.6. The zero-order chi connectivity index (χ0) is 17.9. The predicted molar refractivity (Wildman–Crippen MR) is 105 cm³/mol. The number of para-hydroxylation sites is 2. The maximum absolute atomic E-state index is 12.9. The van der Waals surface area contributed by atoms with Gasteiger partial charge in [-0.3, -0.25) is 4.79 Å². The Bertz CT molecular complexity index is 931. The summed E-state index contributed by atoms with van der Waals surface area (Å²) < 4.78 is 0. The summed E-state index contributed by atoms with van der Waals surface area (Å²) in [7, 11) is 1.85. The molecule has 2 heterocycles. The van der Waals surface area contributed by atoms with Gasteiger partial charge in [-0.25, -0.2) is 4.98 Å². The zero-order valence-corrected chi connectivity index (χ0v) is 15.1. The van der Waals surface area contributed by atoms with Crippen LogP contribution in [-0.4, -0.2) is 35.9 Å². The van der Waals surface area contributed by atoms with E-state index in [1.165, 1.54) is 24.1 Å². The first-order chi connectivity index (χ1) is 12.7. The molecule has 3 aromatic rings. The Morgan fingerprint density at radius 3 is 2.58 bits per heavy atom. The maximum Gasteiger partial charge on any atom is 0.272 e. The molecule has 0 bridgehead atoms. The molecule has 0 spiro atoms. The third kappa shape index (κ3) is 3.27. The van der Waals surface area contributed by atoms with Crippen LogP contribution in [0.4, 0.5) is 5.69 Å². The number of carbonyl (C=O) groups excluding carboxylic acids is 1. The van der Waals surface area contributed by atoms with Crippen LogP contribution in [0.2, 0.25) is 0 Å². The molecule has 0 unspecified atom stereocenters. The largest absolute Gasteiger partial charge is 0.371 e. The van der Waals surface area contributed by atoms with Gasteiger partial charge in [0, 0.05) is 37.8 Å². The summed E-state index contributed by atoms with van der Waals surface area (Å²) in [5.74, 6) is -0.0491. The van der Waals surface area contributed by atoms with Crippen LogP contribution >= 0.6 is 0 Å². The highest BCUT2D eigenvalue weighted by atomic mass is 16.2. The van der Waals surface area contributed by atoms with Crippen LogP contribution in [0.5, 0.6) is 0 Å². The second-order valence-electron chi connectivity index (χ2n) is 6.87. The molecular formula is C22H23N3O. The first-order valence-corrected chi connectivity index (χ1v) is 9.16. The fraction of sp³-hybridized carbons (Fsp3) is 0.273. The molecule has 2 aromatic carbocycles. The number of anilines is 1. The third-order valence-corrected chi connectivity index (χ3v) is 5.01. The van der Waals surface area contributed by atoms with Gasteiger partial charge in [-0.1, -0.05) is 42.5 Å². The van der Waals surface area contributed by atoms with Crippen molar-refractivity contribution in [2.24, 2.45) is 0 Å². The molecule has 4 heteroatoms. The molecule has 0 atom stereocenters. The Hall–Kier alpha value is -2.88. The lowest BCUT2D eigenvalue weighted by Gasteiger charge is -2.24. The molecule has 1 saturated heterocycles. The summed E-state index contributed by atoms with van der Waals surface area (Å²) in [6, 6.07) is 20.0. The molecule has 4 nitrogen and oxygen atoms in total. The first kappa shape index (κ1) is 16.6. The van der Waals surface area contributed by atoms with Crippen molar-refractivity contribution in [2.45, 2.75) is 19.4 Å². The highest BCUT2D eigenvalue weighted by molar-refractivity contribution is 5.94. The van der Waals surface area contributed by atoms with E-state index in [2.05, 4.69) is 28.1 Å². The summed E-state index contributed by atoms with van der Waals surface area (Å²) in [6.45, 7) is 2.78. The van der Waals surface area contributed by atoms with Crippen molar-refractivity contribution in [3.63, 3.8) is 0 Å². The van der Waals surface area contributed by atoms with Crippen molar-refractivity contribution in [2.75, 3.05) is 25.0 Å². The van der Waals surface area contributed by atoms with E-state index in [-0.39, 0.29) is 5.91 Å². The molecule has 0 aliphatic carbocycles. The number of pyridine rings is 1. The second kappa shape index (κ2) is 7.16. The van der Waals surface area contributed by atoms with Crippen molar-refractivity contribution in [1.82, 2.24) is 9.88 Å². The van der Waals surface area contributed by atoms with Gasteiger partial charge < -0.3 is 9.80 Å². The van der Waals surface area contributed by atoms with Gasteiger partial charge in [0.15, 0.2) is 0 Å². The Balaban J connectivity index is 1.55. The van der Waals surface area contributed by atoms with Gasteiger partial charge >= 0.3 is 0 Å². The number of aromatic nitrogens is 1. The Labute approximate surface area is 154 Å². The summed E-state index contributed by atoms with van der Waals surface area (Å²) >= 11 is 0. The first-order valence-electron chi connectivity index (χ1n) is 9.16. The van der Waals surface area contributed by atoms with E-state index in [0.717, 1.165) is 24.0 Å². The number of hydrogen-bond acceptors (Lipinski definition) is 3. The van der Waals surface area contributed by atoms with Gasteiger partial charge in [0.05, 0.1) is 5.52 Å². The van der Waals surface area contributed by atoms with Crippen molar-refractivity contribution in [3.05, 3.63) is 71.9 Å². The quantitative estimate of drug-likeness (QED) is 0.714. The molecule has 1 aliphatic rings. The van der Waals surface area contributed by atoms with Crippen LogP contribution in [0.25, 0.3) is 10.9 Å². The summed E-state index contributed by atoms with van der Waals surface area (Å²) in [5.41, 5.74) is 3.77. The van der Waals surface area contributed by atoms with E-state index in [1.807, 2.05) is 49.5 Å². The number of fused-ring (bicyclic) bond motifs is 1. The monoisotopic (exact) mass is 345 g/mol. The van der Waals surface area contributed by atoms with E-state index >= 15 is 0 Å². The topological polar surface area (TPSA) is 36.4 Å². The number of rotatable bonds is 4. The van der Waals surface area contributed by atoms with E-state index in [9.17, 15) is 4.79 Å². The lowest BCUT2D eigenvalue weighted by atomic mass is 10.1. The standard InChI is InChI=1S/C22H23N3O/c1-24(16-18-9-3-5-11-21(18)25-14-6-7-15-25)22(26)20-13-12-17-8-2-4-10-19(17)23-20/h2-5,8-13H,6-7,14-16H2,1H3. The van der Waals surface area contributed by atoms with Gasteiger partial charge in [0.2, 0.25) is 0 Å². The summed E-state index contributed by atoms with van der Waals surface area (Å²) in [6.07, 6.45) is 2.48. The molecule has 1 amide bonds. The normalized spacial score (nSPS) is 14.0. The number of benzene rings is 2. The fourth-order valence-electron chi connectivity index (χ4n) is 3.62. The van der Waals surface area contributed by atoms with Crippen LogP contribution in [0.15, 0.2) is 60.7 Å². The number of hydrogen-bond donors (Lipinski definition) is 0. The predicted octanol–water partition coefficient (Wildman–Crippen LogP) is 4.11. The molecule has 1 aliphatic heterocycles. The Morgan fingerprint density at radius 2 is 1.73 bits per heavy atom. The van der Waals surface area contributed by atoms with Gasteiger partial charge in [-0.15, -0.1) is 0 Å². The van der Waals surface area contributed by atoms with Gasteiger partial charge in [0.25, 0.3) is 5.91 Å². The molecule has 4 rings (SSSR count). The minimum Gasteiger partial charge on any atom is -0.371 e. The zero-order valence-electron chi connectivity index (χ0n) is 15.1. The highest BCUT2D eigenvalue weighted by Crippen LogP contribution is 2.25. The van der Waals surface area contributed by atoms with Crippen LogP contribution in [-0.2, 0) is 6.54 Å². The molecule has 26 heavy (non-hydrogen) atoms. The fourth-order valence-corrected chi connectivity index (χ4v) is 3.62. The van der Waals surface area contributed by atoms with E-state index in [1.54, 1.807) is 4.90 Å². The minimum atomic E-state index is -0.0491. The van der Waals surface area contributed by atoms with E-state index in [4.69, 9.17) is 0 Å². The molecule has 0 saturated carbocycles. The molecular weight excluding hydrogens is 322 g/mol. The molecule has 0 N–H and O–H groups in total. The minimum absolute atomic E-state index is 0.0491. The number of amides is 1. The lowest BCUT2D eigenvalue weighted by molar-refractivity contribution is 0.0780. The van der Waals surface area contributed by atoms with Crippen LogP contribution in [0.3, 0.4) is 0 Å². The van der Waals surface area contributed by atoms with E-state index in [0.29, 0.717) is 12.2 Å². The summed E-state index contributed by atoms with van der Waals surface area (Å²) in [5, 5.41) is 1.05. The van der Waals surface area contributed by atoms with Gasteiger partial charge in [0.1, 0.15) is 5.69 Å². The van der Waals surface area contributed by atoms with Gasteiger partial charge in [-0.05, 0) is 36.6 Å². The molecule has 1 fully saturated rings. The van der Waals surface area contributed by atoms with Crippen molar-refractivity contribution >= 4 is 22.5 Å².